The second-order valence-corrected chi connectivity index (χ2v) is 8.07. The lowest BCUT2D eigenvalue weighted by atomic mass is 9.81. The van der Waals surface area contributed by atoms with Gasteiger partial charge >= 0.3 is 0 Å². The van der Waals surface area contributed by atoms with Crippen molar-refractivity contribution in [3.05, 3.63) is 54.2 Å². The highest BCUT2D eigenvalue weighted by molar-refractivity contribution is 5.98. The first kappa shape index (κ1) is 18.0. The summed E-state index contributed by atoms with van der Waals surface area (Å²) >= 11 is 0. The highest BCUT2D eigenvalue weighted by Gasteiger charge is 2.45. The predicted octanol–water partition coefficient (Wildman–Crippen LogP) is 2.50. The number of fused-ring (bicyclic) bond motifs is 1. The van der Waals surface area contributed by atoms with Gasteiger partial charge in [0.25, 0.3) is 5.91 Å². The van der Waals surface area contributed by atoms with Crippen molar-refractivity contribution in [2.75, 3.05) is 19.6 Å². The Kier molecular flexibility index (Phi) is 4.41. The zero-order chi connectivity index (χ0) is 20.0. The van der Waals surface area contributed by atoms with Gasteiger partial charge in [0.1, 0.15) is 11.7 Å². The third-order valence-electron chi connectivity index (χ3n) is 6.14. The molecule has 0 aliphatic carbocycles. The lowest BCUT2D eigenvalue weighted by Gasteiger charge is -2.55. The maximum atomic E-state index is 14.0. The maximum absolute atomic E-state index is 14.0. The Morgan fingerprint density at radius 3 is 2.83 bits per heavy atom. The van der Waals surface area contributed by atoms with Crippen molar-refractivity contribution >= 4 is 11.7 Å². The van der Waals surface area contributed by atoms with E-state index in [1.54, 1.807) is 6.07 Å². The number of halogens is 1. The summed E-state index contributed by atoms with van der Waals surface area (Å²) in [6.07, 6.45) is 8.97. The first-order valence-corrected chi connectivity index (χ1v) is 10.1. The third-order valence-corrected chi connectivity index (χ3v) is 6.14. The molecule has 3 unspecified atom stereocenters. The van der Waals surface area contributed by atoms with Crippen molar-refractivity contribution in [2.24, 2.45) is 16.8 Å². The van der Waals surface area contributed by atoms with E-state index in [4.69, 9.17) is 0 Å². The quantitative estimate of drug-likeness (QED) is 0.785. The van der Waals surface area contributed by atoms with E-state index in [-0.39, 0.29) is 17.5 Å². The van der Waals surface area contributed by atoms with Gasteiger partial charge in [0.2, 0.25) is 0 Å². The number of allylic oxidation sites excluding steroid dienone is 1. The molecule has 0 saturated carbocycles. The van der Waals surface area contributed by atoms with Crippen molar-refractivity contribution in [1.82, 2.24) is 24.8 Å². The molecule has 8 heteroatoms. The number of likely N-dealkylation sites (tertiary alicyclic amines) is 2. The number of aromatic nitrogens is 3. The molecule has 3 aliphatic heterocycles. The molecule has 7 nitrogen and oxygen atoms in total. The van der Waals surface area contributed by atoms with Crippen molar-refractivity contribution < 1.29 is 9.18 Å². The lowest BCUT2D eigenvalue weighted by molar-refractivity contribution is 0.00462. The van der Waals surface area contributed by atoms with E-state index in [2.05, 4.69) is 33.1 Å². The minimum Gasteiger partial charge on any atom is -0.355 e. The molecule has 2 aromatic rings. The number of carbonyl (C=O) groups excluding carboxylic acids is 1. The maximum Gasteiger partial charge on any atom is 0.256 e. The van der Waals surface area contributed by atoms with Gasteiger partial charge < -0.3 is 9.80 Å². The van der Waals surface area contributed by atoms with Crippen molar-refractivity contribution in [1.29, 1.82) is 0 Å². The number of benzene rings is 1. The van der Waals surface area contributed by atoms with Crippen molar-refractivity contribution in [3.8, 4) is 5.69 Å². The normalized spacial score (nSPS) is 26.0. The summed E-state index contributed by atoms with van der Waals surface area (Å²) in [7, 11) is 0. The third kappa shape index (κ3) is 3.22. The minimum absolute atomic E-state index is 0.180. The molecule has 0 radical (unpaired) electrons. The monoisotopic (exact) mass is 394 g/mol. The molecule has 4 heterocycles. The molecule has 1 aromatic heterocycles. The Morgan fingerprint density at radius 1 is 1.21 bits per heavy atom. The zero-order valence-corrected chi connectivity index (χ0v) is 16.3. The number of aliphatic imine (C=N–C) groups is 1. The summed E-state index contributed by atoms with van der Waals surface area (Å²) in [4.78, 5) is 23.4. The fraction of sp³-hybridized carbons (Fsp3) is 0.429. The van der Waals surface area contributed by atoms with E-state index < -0.39 is 5.82 Å². The van der Waals surface area contributed by atoms with Crippen LogP contribution in [0.2, 0.25) is 0 Å². The molecule has 1 aromatic carbocycles. The van der Waals surface area contributed by atoms with E-state index in [9.17, 15) is 9.18 Å². The smallest absolute Gasteiger partial charge is 0.256 e. The lowest BCUT2D eigenvalue weighted by Crippen LogP contribution is -2.66. The van der Waals surface area contributed by atoms with Gasteiger partial charge in [-0.2, -0.15) is 15.0 Å². The number of rotatable bonds is 2. The van der Waals surface area contributed by atoms with E-state index in [0.29, 0.717) is 30.6 Å². The average Bonchev–Trinajstić information content (AvgIpc) is 3.23. The number of hydrogen-bond donors (Lipinski definition) is 0. The van der Waals surface area contributed by atoms with Gasteiger partial charge in [0.05, 0.1) is 29.7 Å². The van der Waals surface area contributed by atoms with Gasteiger partial charge in [-0.1, -0.05) is 13.0 Å². The van der Waals surface area contributed by atoms with Crippen LogP contribution in [-0.2, 0) is 0 Å². The van der Waals surface area contributed by atoms with Crippen LogP contribution in [0.25, 0.3) is 5.69 Å². The number of carbonyl (C=O) groups is 1. The van der Waals surface area contributed by atoms with Crippen LogP contribution in [0.4, 0.5) is 4.39 Å². The summed E-state index contributed by atoms with van der Waals surface area (Å²) in [6, 6.07) is 4.44. The SMILES string of the molecule is CC1C=CN=C(N2CC3CCN(C(=O)c4cc(F)ccc4-n4nccn4)CC32)C1. The predicted molar refractivity (Wildman–Crippen MR) is 106 cm³/mol. The molecule has 2 saturated heterocycles. The summed E-state index contributed by atoms with van der Waals surface area (Å²) in [5.41, 5.74) is 0.779. The molecule has 0 spiro atoms. The van der Waals surface area contributed by atoms with Crippen LogP contribution in [0.1, 0.15) is 30.1 Å². The van der Waals surface area contributed by atoms with E-state index >= 15 is 0 Å². The molecule has 29 heavy (non-hydrogen) atoms. The van der Waals surface area contributed by atoms with Gasteiger partial charge in [-0.15, -0.1) is 0 Å². The van der Waals surface area contributed by atoms with Crippen molar-refractivity contribution in [3.63, 3.8) is 0 Å². The van der Waals surface area contributed by atoms with Gasteiger partial charge in [-0.3, -0.25) is 4.79 Å². The molecule has 2 fully saturated rings. The topological polar surface area (TPSA) is 66.6 Å². The van der Waals surface area contributed by atoms with Crippen molar-refractivity contribution in [2.45, 2.75) is 25.8 Å². The number of hydrogen-bond acceptors (Lipinski definition) is 5. The highest BCUT2D eigenvalue weighted by Crippen LogP contribution is 2.35. The van der Waals surface area contributed by atoms with Crippen LogP contribution >= 0.6 is 0 Å². The standard InChI is InChI=1S/C21H23FN6O/c1-14-4-6-23-20(10-14)27-12-15-5-9-26(13-19(15)27)21(29)17-11-16(22)2-3-18(17)28-24-7-8-25-28/h2-4,6-8,11,14-15,19H,5,9-10,12-13H2,1H3. The second kappa shape index (κ2) is 7.09. The van der Waals surface area contributed by atoms with Crippen LogP contribution in [0.5, 0.6) is 0 Å². The molecule has 3 aliphatic rings. The minimum atomic E-state index is -0.443. The highest BCUT2D eigenvalue weighted by atomic mass is 19.1. The number of nitrogens with zero attached hydrogens (tertiary/aromatic N) is 6. The first-order valence-electron chi connectivity index (χ1n) is 10.1. The Labute approximate surface area is 168 Å². The zero-order valence-electron chi connectivity index (χ0n) is 16.3. The first-order chi connectivity index (χ1) is 14.1. The molecule has 150 valence electrons. The van der Waals surface area contributed by atoms with Crippen LogP contribution in [0.15, 0.2) is 47.9 Å². The summed E-state index contributed by atoms with van der Waals surface area (Å²) < 4.78 is 14.0. The molecule has 5 rings (SSSR count). The molecular weight excluding hydrogens is 371 g/mol. The van der Waals surface area contributed by atoms with E-state index in [1.165, 1.54) is 29.3 Å². The van der Waals surface area contributed by atoms with E-state index in [0.717, 1.165) is 25.2 Å². The Morgan fingerprint density at radius 2 is 2.03 bits per heavy atom. The fourth-order valence-corrected chi connectivity index (χ4v) is 4.52. The fourth-order valence-electron chi connectivity index (χ4n) is 4.52. The molecule has 0 N–H and O–H groups in total. The van der Waals surface area contributed by atoms with Gasteiger partial charge in [-0.25, -0.2) is 9.38 Å². The summed E-state index contributed by atoms with van der Waals surface area (Å²) in [6.45, 7) is 4.50. The van der Waals surface area contributed by atoms with Gasteiger partial charge in [-0.05, 0) is 30.5 Å². The van der Waals surface area contributed by atoms with Gasteiger partial charge in [0, 0.05) is 38.2 Å². The average molecular weight is 394 g/mol. The van der Waals surface area contributed by atoms with E-state index in [1.807, 2.05) is 11.1 Å². The Balaban J connectivity index is 1.37. The second-order valence-electron chi connectivity index (χ2n) is 8.07. The molecular formula is C21H23FN6O. The van der Waals surface area contributed by atoms with Gasteiger partial charge in [0.15, 0.2) is 0 Å². The Bertz CT molecular complexity index is 985. The number of amidine groups is 1. The largest absolute Gasteiger partial charge is 0.355 e. The summed E-state index contributed by atoms with van der Waals surface area (Å²) in [5, 5.41) is 8.21. The van der Waals surface area contributed by atoms with Crippen LogP contribution in [-0.4, -0.2) is 62.2 Å². The number of amides is 1. The molecule has 1 amide bonds. The van der Waals surface area contributed by atoms with Crippen LogP contribution in [0.3, 0.4) is 0 Å². The molecule has 0 bridgehead atoms. The Hall–Kier alpha value is -3.03. The number of piperidine rings is 1. The molecule has 3 atom stereocenters. The van der Waals surface area contributed by atoms with Crippen LogP contribution < -0.4 is 0 Å². The van der Waals surface area contributed by atoms with Crippen LogP contribution in [0, 0.1) is 17.7 Å². The summed E-state index contributed by atoms with van der Waals surface area (Å²) in [5.74, 6) is 1.56.